The summed E-state index contributed by atoms with van der Waals surface area (Å²) in [5.41, 5.74) is 0. The highest BCUT2D eigenvalue weighted by Gasteiger charge is 2.51. The van der Waals surface area contributed by atoms with E-state index in [0.717, 1.165) is 36.1 Å². The average Bonchev–Trinajstić information content (AvgIpc) is 2.72. The van der Waals surface area contributed by atoms with Crippen LogP contribution in [0, 0.1) is 23.7 Å². The van der Waals surface area contributed by atoms with Crippen molar-refractivity contribution in [3.8, 4) is 0 Å². The van der Waals surface area contributed by atoms with Crippen molar-refractivity contribution >= 4 is 11.6 Å². The SMILES string of the molecule is ClCCN1CC2C3CCC(C3)C2C1. The fraction of sp³-hybridized carbons (Fsp3) is 1.00. The van der Waals surface area contributed by atoms with Gasteiger partial charge in [0.2, 0.25) is 0 Å². The second-order valence-corrected chi connectivity index (χ2v) is 5.49. The summed E-state index contributed by atoms with van der Waals surface area (Å²) in [5, 5.41) is 0. The zero-order valence-electron chi connectivity index (χ0n) is 8.08. The van der Waals surface area contributed by atoms with Crippen LogP contribution in [0.3, 0.4) is 0 Å². The maximum absolute atomic E-state index is 5.78. The van der Waals surface area contributed by atoms with Crippen LogP contribution in [0.15, 0.2) is 0 Å². The lowest BCUT2D eigenvalue weighted by Gasteiger charge is -2.22. The van der Waals surface area contributed by atoms with Gasteiger partial charge in [0.25, 0.3) is 0 Å². The molecule has 1 heterocycles. The summed E-state index contributed by atoms with van der Waals surface area (Å²) in [5.74, 6) is 5.11. The van der Waals surface area contributed by atoms with E-state index in [4.69, 9.17) is 11.6 Å². The minimum absolute atomic E-state index is 0.814. The van der Waals surface area contributed by atoms with Crippen molar-refractivity contribution in [2.45, 2.75) is 19.3 Å². The summed E-state index contributed by atoms with van der Waals surface area (Å²) in [6.07, 6.45) is 4.62. The van der Waals surface area contributed by atoms with Crippen LogP contribution in [-0.4, -0.2) is 30.4 Å². The lowest BCUT2D eigenvalue weighted by Crippen LogP contribution is -2.24. The molecule has 0 N–H and O–H groups in total. The summed E-state index contributed by atoms with van der Waals surface area (Å²) in [6, 6.07) is 0. The zero-order chi connectivity index (χ0) is 8.84. The smallest absolute Gasteiger partial charge is 0.0351 e. The van der Waals surface area contributed by atoms with Crippen LogP contribution in [0.1, 0.15) is 19.3 Å². The van der Waals surface area contributed by atoms with E-state index in [2.05, 4.69) is 4.90 Å². The molecule has 0 aromatic heterocycles. The molecule has 2 saturated carbocycles. The first-order valence-corrected chi connectivity index (χ1v) is 6.20. The molecule has 0 aromatic carbocycles. The molecule has 3 aliphatic rings. The second kappa shape index (κ2) is 3.13. The molecule has 13 heavy (non-hydrogen) atoms. The number of halogens is 1. The molecule has 4 atom stereocenters. The van der Waals surface area contributed by atoms with Crippen LogP contribution in [0.5, 0.6) is 0 Å². The van der Waals surface area contributed by atoms with Crippen molar-refractivity contribution in [2.24, 2.45) is 23.7 Å². The molecule has 1 nitrogen and oxygen atoms in total. The van der Waals surface area contributed by atoms with E-state index in [9.17, 15) is 0 Å². The topological polar surface area (TPSA) is 3.24 Å². The molecule has 2 heteroatoms. The number of rotatable bonds is 2. The highest BCUT2D eigenvalue weighted by atomic mass is 35.5. The van der Waals surface area contributed by atoms with E-state index in [0.29, 0.717) is 0 Å². The summed E-state index contributed by atoms with van der Waals surface area (Å²) >= 11 is 5.78. The molecule has 3 fully saturated rings. The van der Waals surface area contributed by atoms with Gasteiger partial charge in [-0.05, 0) is 42.9 Å². The van der Waals surface area contributed by atoms with Gasteiger partial charge in [-0.25, -0.2) is 0 Å². The molecule has 2 aliphatic carbocycles. The van der Waals surface area contributed by atoms with Gasteiger partial charge in [0, 0.05) is 25.5 Å². The Kier molecular flexibility index (Phi) is 2.06. The summed E-state index contributed by atoms with van der Waals surface area (Å²) < 4.78 is 0. The normalized spacial score (nSPS) is 48.7. The van der Waals surface area contributed by atoms with Gasteiger partial charge in [-0.15, -0.1) is 11.6 Å². The highest BCUT2D eigenvalue weighted by molar-refractivity contribution is 6.18. The van der Waals surface area contributed by atoms with Crippen molar-refractivity contribution < 1.29 is 0 Å². The Bertz CT molecular complexity index is 188. The first kappa shape index (κ1) is 8.55. The predicted molar refractivity (Wildman–Crippen MR) is 55.0 cm³/mol. The molecule has 2 bridgehead atoms. The minimum atomic E-state index is 0.814. The van der Waals surface area contributed by atoms with Gasteiger partial charge in [0.05, 0.1) is 0 Å². The van der Waals surface area contributed by atoms with Crippen LogP contribution in [0.2, 0.25) is 0 Å². The maximum atomic E-state index is 5.78. The minimum Gasteiger partial charge on any atom is -0.302 e. The third-order valence-electron chi connectivity index (χ3n) is 4.61. The van der Waals surface area contributed by atoms with E-state index in [1.807, 2.05) is 0 Å². The summed E-state index contributed by atoms with van der Waals surface area (Å²) in [4.78, 5) is 2.59. The van der Waals surface area contributed by atoms with E-state index >= 15 is 0 Å². The molecule has 3 rings (SSSR count). The molecule has 0 radical (unpaired) electrons. The van der Waals surface area contributed by atoms with Gasteiger partial charge in [-0.2, -0.15) is 0 Å². The lowest BCUT2D eigenvalue weighted by molar-refractivity contribution is 0.281. The Morgan fingerprint density at radius 1 is 1.08 bits per heavy atom. The number of hydrogen-bond donors (Lipinski definition) is 0. The van der Waals surface area contributed by atoms with Gasteiger partial charge >= 0.3 is 0 Å². The molecule has 1 saturated heterocycles. The maximum Gasteiger partial charge on any atom is 0.0351 e. The third-order valence-corrected chi connectivity index (χ3v) is 4.78. The molecule has 0 spiro atoms. The Hall–Kier alpha value is 0.250. The van der Waals surface area contributed by atoms with Crippen molar-refractivity contribution in [3.05, 3.63) is 0 Å². The molecular formula is C11H18ClN. The van der Waals surface area contributed by atoms with Gasteiger partial charge in [0.1, 0.15) is 0 Å². The molecule has 74 valence electrons. The van der Waals surface area contributed by atoms with Gasteiger partial charge < -0.3 is 4.90 Å². The Balaban J connectivity index is 1.69. The Morgan fingerprint density at radius 2 is 1.69 bits per heavy atom. The standard InChI is InChI=1S/C11H18ClN/c12-3-4-13-6-10-8-1-2-9(5-8)11(10)7-13/h8-11H,1-7H2. The fourth-order valence-corrected chi connectivity index (χ4v) is 4.31. The number of nitrogens with zero attached hydrogens (tertiary/aromatic N) is 1. The monoisotopic (exact) mass is 199 g/mol. The van der Waals surface area contributed by atoms with E-state index in [1.165, 1.54) is 25.9 Å². The largest absolute Gasteiger partial charge is 0.302 e. The van der Waals surface area contributed by atoms with Crippen LogP contribution in [0.4, 0.5) is 0 Å². The highest BCUT2D eigenvalue weighted by Crippen LogP contribution is 2.54. The van der Waals surface area contributed by atoms with E-state index in [-0.39, 0.29) is 0 Å². The quantitative estimate of drug-likeness (QED) is 0.617. The average molecular weight is 200 g/mol. The molecule has 1 aliphatic heterocycles. The first-order chi connectivity index (χ1) is 6.38. The molecular weight excluding hydrogens is 182 g/mol. The summed E-state index contributed by atoms with van der Waals surface area (Å²) in [7, 11) is 0. The van der Waals surface area contributed by atoms with Crippen LogP contribution < -0.4 is 0 Å². The van der Waals surface area contributed by atoms with Crippen molar-refractivity contribution in [1.29, 1.82) is 0 Å². The van der Waals surface area contributed by atoms with Gasteiger partial charge in [-0.1, -0.05) is 0 Å². The van der Waals surface area contributed by atoms with Crippen molar-refractivity contribution in [3.63, 3.8) is 0 Å². The number of fused-ring (bicyclic) bond motifs is 5. The number of hydrogen-bond acceptors (Lipinski definition) is 1. The van der Waals surface area contributed by atoms with Crippen molar-refractivity contribution in [2.75, 3.05) is 25.5 Å². The first-order valence-electron chi connectivity index (χ1n) is 5.67. The van der Waals surface area contributed by atoms with Crippen LogP contribution >= 0.6 is 11.6 Å². The lowest BCUT2D eigenvalue weighted by atomic mass is 9.82. The Morgan fingerprint density at radius 3 is 2.23 bits per heavy atom. The van der Waals surface area contributed by atoms with Crippen molar-refractivity contribution in [1.82, 2.24) is 4.90 Å². The van der Waals surface area contributed by atoms with Gasteiger partial charge in [-0.3, -0.25) is 0 Å². The molecule has 0 aromatic rings. The number of alkyl halides is 1. The van der Waals surface area contributed by atoms with Crippen LogP contribution in [0.25, 0.3) is 0 Å². The molecule has 4 unspecified atom stereocenters. The van der Waals surface area contributed by atoms with Crippen LogP contribution in [-0.2, 0) is 0 Å². The predicted octanol–water partition coefficient (Wildman–Crippen LogP) is 2.20. The Labute approximate surface area is 85.4 Å². The zero-order valence-corrected chi connectivity index (χ0v) is 8.84. The number of likely N-dealkylation sites (tertiary alicyclic amines) is 1. The van der Waals surface area contributed by atoms with Gasteiger partial charge in [0.15, 0.2) is 0 Å². The third kappa shape index (κ3) is 1.24. The van der Waals surface area contributed by atoms with E-state index in [1.54, 1.807) is 6.42 Å². The molecule has 0 amide bonds. The second-order valence-electron chi connectivity index (χ2n) is 5.11. The van der Waals surface area contributed by atoms with E-state index < -0.39 is 0 Å². The summed E-state index contributed by atoms with van der Waals surface area (Å²) in [6.45, 7) is 3.84. The fourth-order valence-electron chi connectivity index (χ4n) is 4.07.